The topological polar surface area (TPSA) is 116 Å². The number of hydrogen-bond donors (Lipinski definition) is 3. The average molecular weight is 260 g/mol. The lowest BCUT2D eigenvalue weighted by atomic mass is 10.6. The zero-order valence-corrected chi connectivity index (χ0v) is 9.23. The molecule has 0 atom stereocenters. The maximum absolute atomic E-state index is 5.55. The molecule has 14 heavy (non-hydrogen) atoms. The van der Waals surface area contributed by atoms with Crippen LogP contribution in [0.2, 0.25) is 5.15 Å². The van der Waals surface area contributed by atoms with E-state index < -0.39 is 0 Å². The lowest BCUT2D eigenvalue weighted by molar-refractivity contribution is 1.14. The summed E-state index contributed by atoms with van der Waals surface area (Å²) in [5, 5.41) is 0.197. The zero-order chi connectivity index (χ0) is 9.14. The van der Waals surface area contributed by atoms with Crippen molar-refractivity contribution in [1.82, 2.24) is 9.97 Å². The molecular weight excluding hydrogens is 250 g/mol. The Bertz CT molecular complexity index is 303. The molecule has 0 aliphatic heterocycles. The van der Waals surface area contributed by atoms with Crippen molar-refractivity contribution in [3.63, 3.8) is 0 Å². The highest BCUT2D eigenvalue weighted by molar-refractivity contribution is 6.29. The summed E-state index contributed by atoms with van der Waals surface area (Å²) < 4.78 is 0. The molecule has 1 rings (SSSR count). The van der Waals surface area contributed by atoms with Gasteiger partial charge in [0.05, 0.1) is 0 Å². The second-order valence-corrected chi connectivity index (χ2v) is 2.34. The van der Waals surface area contributed by atoms with Crippen molar-refractivity contribution in [3.05, 3.63) is 11.2 Å². The summed E-state index contributed by atoms with van der Waals surface area (Å²) in [7, 11) is 0. The van der Waals surface area contributed by atoms with Gasteiger partial charge in [0.2, 0.25) is 0 Å². The number of nitrogens with two attached hydrogens (primary N) is 3. The Morgan fingerprint density at radius 1 is 1.29 bits per heavy atom. The van der Waals surface area contributed by atoms with Gasteiger partial charge in [-0.25, -0.2) is 0 Å². The van der Waals surface area contributed by atoms with Gasteiger partial charge in [-0.2, -0.15) is 15.0 Å². The van der Waals surface area contributed by atoms with Crippen LogP contribution in [-0.4, -0.2) is 15.9 Å². The minimum absolute atomic E-state index is 0. The molecule has 0 saturated heterocycles. The highest BCUT2D eigenvalue weighted by Gasteiger charge is 1.98. The fourth-order valence-corrected chi connectivity index (χ4v) is 0.775. The van der Waals surface area contributed by atoms with Crippen LogP contribution in [0.1, 0.15) is 0 Å². The van der Waals surface area contributed by atoms with Crippen molar-refractivity contribution in [3.8, 4) is 0 Å². The quantitative estimate of drug-likeness (QED) is 0.385. The average Bonchev–Trinajstić information content (AvgIpc) is 1.81. The third-order valence-corrected chi connectivity index (χ3v) is 1.13. The summed E-state index contributed by atoms with van der Waals surface area (Å²) >= 11 is 5.55. The summed E-state index contributed by atoms with van der Waals surface area (Å²) in [6.07, 6.45) is 0. The van der Waals surface area contributed by atoms with Gasteiger partial charge >= 0.3 is 0 Å². The Hall–Kier alpha value is -0.980. The van der Waals surface area contributed by atoms with E-state index in [1.54, 1.807) is 0 Å². The smallest absolute Gasteiger partial charge is 0.255 e. The van der Waals surface area contributed by atoms with E-state index in [4.69, 9.17) is 28.8 Å². The standard InChI is InChI=1S/C5H7ClN6.2ClH/c6-2-1-3(7)11-5(10-2)12-4(8)9;;/h1H,(H6,7,8,9,10,11,12);2*1H. The first kappa shape index (κ1) is 15.5. The zero-order valence-electron chi connectivity index (χ0n) is 6.85. The first-order valence-electron chi connectivity index (χ1n) is 2.97. The van der Waals surface area contributed by atoms with Crippen molar-refractivity contribution in [1.29, 1.82) is 0 Å². The second kappa shape index (κ2) is 6.47. The molecule has 80 valence electrons. The van der Waals surface area contributed by atoms with Gasteiger partial charge < -0.3 is 17.2 Å². The molecule has 0 aromatic carbocycles. The summed E-state index contributed by atoms with van der Waals surface area (Å²) in [6, 6.07) is 1.40. The molecule has 0 unspecified atom stereocenters. The van der Waals surface area contributed by atoms with E-state index >= 15 is 0 Å². The number of anilines is 1. The van der Waals surface area contributed by atoms with Crippen LogP contribution in [0.4, 0.5) is 11.8 Å². The van der Waals surface area contributed by atoms with Crippen LogP contribution in [0, 0.1) is 0 Å². The van der Waals surface area contributed by atoms with Gasteiger partial charge in [-0.15, -0.1) is 24.8 Å². The number of rotatable bonds is 1. The van der Waals surface area contributed by atoms with Crippen molar-refractivity contribution in [2.45, 2.75) is 0 Å². The number of guanidine groups is 1. The fourth-order valence-electron chi connectivity index (χ4n) is 0.588. The van der Waals surface area contributed by atoms with Crippen LogP contribution in [0.5, 0.6) is 0 Å². The van der Waals surface area contributed by atoms with E-state index in [1.165, 1.54) is 6.07 Å². The lowest BCUT2D eigenvalue weighted by Crippen LogP contribution is -2.22. The Morgan fingerprint density at radius 2 is 1.86 bits per heavy atom. The minimum Gasteiger partial charge on any atom is -0.383 e. The van der Waals surface area contributed by atoms with E-state index in [0.717, 1.165) is 0 Å². The molecule has 1 heterocycles. The number of halogens is 3. The van der Waals surface area contributed by atoms with Gasteiger partial charge in [-0.1, -0.05) is 11.6 Å². The maximum atomic E-state index is 5.55. The second-order valence-electron chi connectivity index (χ2n) is 1.95. The predicted molar refractivity (Wildman–Crippen MR) is 61.4 cm³/mol. The SMILES string of the molecule is Cl.Cl.NC(N)=Nc1nc(N)cc(Cl)n1. The van der Waals surface area contributed by atoms with E-state index in [0.29, 0.717) is 0 Å². The Labute approximate surface area is 97.8 Å². The van der Waals surface area contributed by atoms with Crippen molar-refractivity contribution < 1.29 is 0 Å². The van der Waals surface area contributed by atoms with Crippen LogP contribution >= 0.6 is 36.4 Å². The van der Waals surface area contributed by atoms with Gasteiger partial charge in [0.15, 0.2) is 5.96 Å². The fraction of sp³-hybridized carbons (Fsp3) is 0. The minimum atomic E-state index is -0.142. The molecule has 1 aromatic rings. The summed E-state index contributed by atoms with van der Waals surface area (Å²) in [5.74, 6) is 0.131. The summed E-state index contributed by atoms with van der Waals surface area (Å²) in [4.78, 5) is 11.0. The van der Waals surface area contributed by atoms with Crippen molar-refractivity contribution in [2.75, 3.05) is 5.73 Å². The third-order valence-electron chi connectivity index (χ3n) is 0.932. The highest BCUT2D eigenvalue weighted by Crippen LogP contribution is 2.12. The number of aromatic nitrogens is 2. The number of nitrogen functional groups attached to an aromatic ring is 1. The normalized spacial score (nSPS) is 8.07. The largest absolute Gasteiger partial charge is 0.383 e. The Balaban J connectivity index is 0. The summed E-state index contributed by atoms with van der Waals surface area (Å²) in [5.41, 5.74) is 15.5. The molecule has 1 aromatic heterocycles. The molecule has 0 saturated carbocycles. The van der Waals surface area contributed by atoms with Crippen molar-refractivity contribution in [2.24, 2.45) is 16.5 Å². The van der Waals surface area contributed by atoms with E-state index in [2.05, 4.69) is 15.0 Å². The van der Waals surface area contributed by atoms with Crippen LogP contribution in [0.15, 0.2) is 11.1 Å². The van der Waals surface area contributed by atoms with Gasteiger partial charge in [-0.3, -0.25) is 0 Å². The first-order chi connectivity index (χ1) is 5.58. The van der Waals surface area contributed by atoms with E-state index in [1.807, 2.05) is 0 Å². The van der Waals surface area contributed by atoms with E-state index in [9.17, 15) is 0 Å². The summed E-state index contributed by atoms with van der Waals surface area (Å²) in [6.45, 7) is 0. The lowest BCUT2D eigenvalue weighted by Gasteiger charge is -1.96. The van der Waals surface area contributed by atoms with Crippen LogP contribution in [0.25, 0.3) is 0 Å². The van der Waals surface area contributed by atoms with Crippen LogP contribution in [0.3, 0.4) is 0 Å². The van der Waals surface area contributed by atoms with E-state index in [-0.39, 0.29) is 47.7 Å². The van der Waals surface area contributed by atoms with Gasteiger partial charge in [0.1, 0.15) is 11.0 Å². The molecular formula is C5H9Cl3N6. The molecule has 0 bridgehead atoms. The Kier molecular flexibility index (Phi) is 7.16. The molecule has 0 aliphatic rings. The van der Waals surface area contributed by atoms with Gasteiger partial charge in [-0.05, 0) is 0 Å². The molecule has 0 amide bonds. The monoisotopic (exact) mass is 258 g/mol. The van der Waals surface area contributed by atoms with Crippen LogP contribution < -0.4 is 17.2 Å². The highest BCUT2D eigenvalue weighted by atomic mass is 35.5. The molecule has 0 aliphatic carbocycles. The van der Waals surface area contributed by atoms with Crippen LogP contribution in [-0.2, 0) is 0 Å². The van der Waals surface area contributed by atoms with Crippen molar-refractivity contribution >= 4 is 54.1 Å². The number of aliphatic imine (C=N–C) groups is 1. The van der Waals surface area contributed by atoms with Gasteiger partial charge in [0, 0.05) is 6.07 Å². The number of nitrogens with zero attached hydrogens (tertiary/aromatic N) is 3. The first-order valence-corrected chi connectivity index (χ1v) is 3.35. The molecule has 9 heteroatoms. The molecule has 0 fully saturated rings. The molecule has 6 N–H and O–H groups in total. The number of hydrogen-bond acceptors (Lipinski definition) is 4. The molecule has 0 spiro atoms. The molecule has 0 radical (unpaired) electrons. The predicted octanol–water partition coefficient (Wildman–Crippen LogP) is 0.461. The maximum Gasteiger partial charge on any atom is 0.255 e. The van der Waals surface area contributed by atoms with Gasteiger partial charge in [0.25, 0.3) is 5.95 Å². The third kappa shape index (κ3) is 4.90. The Morgan fingerprint density at radius 3 is 2.29 bits per heavy atom. The molecule has 6 nitrogen and oxygen atoms in total.